The number of thioether (sulfide) groups is 1. The molecule has 1 aromatic rings. The van der Waals surface area contributed by atoms with Crippen molar-refractivity contribution >= 4 is 11.8 Å². The summed E-state index contributed by atoms with van der Waals surface area (Å²) in [6.45, 7) is 5.12. The molecule has 1 atom stereocenters. The van der Waals surface area contributed by atoms with Gasteiger partial charge in [-0.15, -0.1) is 0 Å². The second-order valence-corrected chi connectivity index (χ2v) is 4.52. The first kappa shape index (κ1) is 12.4. The minimum Gasteiger partial charge on any atom is -0.392 e. The van der Waals surface area contributed by atoms with Gasteiger partial charge in [-0.3, -0.25) is 0 Å². The van der Waals surface area contributed by atoms with Gasteiger partial charge in [-0.2, -0.15) is 0 Å². The van der Waals surface area contributed by atoms with E-state index in [0.717, 1.165) is 16.5 Å². The Labute approximate surface area is 94.5 Å². The van der Waals surface area contributed by atoms with Crippen LogP contribution in [0.4, 0.5) is 0 Å². The number of nitrogens with one attached hydrogen (secondary N) is 1. The molecule has 0 aliphatic carbocycles. The van der Waals surface area contributed by atoms with Crippen LogP contribution in [0.3, 0.4) is 0 Å². The minimum atomic E-state index is -0.319. The molecule has 1 aromatic heterocycles. The van der Waals surface area contributed by atoms with Gasteiger partial charge >= 0.3 is 0 Å². The normalized spacial score (nSPS) is 12.7. The van der Waals surface area contributed by atoms with Gasteiger partial charge in [0.15, 0.2) is 5.16 Å². The molecule has 15 heavy (non-hydrogen) atoms. The van der Waals surface area contributed by atoms with Gasteiger partial charge in [0, 0.05) is 31.0 Å². The van der Waals surface area contributed by atoms with Crippen molar-refractivity contribution in [2.45, 2.75) is 31.7 Å². The molecule has 5 heteroatoms. The second kappa shape index (κ2) is 6.76. The molecule has 0 bridgehead atoms. The highest BCUT2D eigenvalue weighted by Gasteiger charge is 1.98. The number of aromatic nitrogens is 2. The highest BCUT2D eigenvalue weighted by atomic mass is 32.2. The van der Waals surface area contributed by atoms with E-state index in [0.29, 0.717) is 13.1 Å². The van der Waals surface area contributed by atoms with Gasteiger partial charge < -0.3 is 10.4 Å². The summed E-state index contributed by atoms with van der Waals surface area (Å²) in [5.41, 5.74) is 1.04. The number of aliphatic hydroxyl groups is 1. The Morgan fingerprint density at radius 3 is 2.67 bits per heavy atom. The smallest absolute Gasteiger partial charge is 0.187 e. The van der Waals surface area contributed by atoms with Gasteiger partial charge in [0.1, 0.15) is 0 Å². The Balaban J connectivity index is 2.36. The van der Waals surface area contributed by atoms with Crippen molar-refractivity contribution < 1.29 is 5.11 Å². The molecule has 0 aliphatic heterocycles. The number of hydrogen-bond acceptors (Lipinski definition) is 5. The fourth-order valence-corrected chi connectivity index (χ4v) is 1.58. The predicted octanol–water partition coefficient (Wildman–Crippen LogP) is 1.06. The van der Waals surface area contributed by atoms with Gasteiger partial charge in [-0.25, -0.2) is 9.97 Å². The van der Waals surface area contributed by atoms with Gasteiger partial charge in [-0.05, 0) is 12.7 Å². The molecule has 84 valence electrons. The van der Waals surface area contributed by atoms with E-state index >= 15 is 0 Å². The summed E-state index contributed by atoms with van der Waals surface area (Å²) in [5, 5.41) is 13.0. The molecule has 0 saturated carbocycles. The van der Waals surface area contributed by atoms with Crippen LogP contribution in [0.2, 0.25) is 0 Å². The van der Waals surface area contributed by atoms with E-state index in [1.54, 1.807) is 18.7 Å². The lowest BCUT2D eigenvalue weighted by molar-refractivity contribution is 0.191. The molecule has 4 nitrogen and oxygen atoms in total. The van der Waals surface area contributed by atoms with Crippen molar-refractivity contribution in [3.05, 3.63) is 18.0 Å². The largest absolute Gasteiger partial charge is 0.392 e. The molecular formula is C10H17N3OS. The number of hydrogen-bond donors (Lipinski definition) is 2. The SMILES string of the molecule is CCSc1ncc(CNC[C@H](C)O)cn1. The summed E-state index contributed by atoms with van der Waals surface area (Å²) in [4.78, 5) is 8.43. The third-order valence-electron chi connectivity index (χ3n) is 1.72. The van der Waals surface area contributed by atoms with Crippen LogP contribution in [0.15, 0.2) is 17.6 Å². The van der Waals surface area contributed by atoms with Crippen LogP contribution in [0.1, 0.15) is 19.4 Å². The van der Waals surface area contributed by atoms with E-state index in [1.165, 1.54) is 0 Å². The first-order valence-electron chi connectivity index (χ1n) is 5.05. The lowest BCUT2D eigenvalue weighted by Gasteiger charge is -2.06. The van der Waals surface area contributed by atoms with E-state index in [-0.39, 0.29) is 6.10 Å². The third kappa shape index (κ3) is 5.11. The van der Waals surface area contributed by atoms with Crippen LogP contribution in [0.5, 0.6) is 0 Å². The summed E-state index contributed by atoms with van der Waals surface area (Å²) in [5.74, 6) is 0.986. The first-order chi connectivity index (χ1) is 7.22. The average molecular weight is 227 g/mol. The second-order valence-electron chi connectivity index (χ2n) is 3.29. The first-order valence-corrected chi connectivity index (χ1v) is 6.03. The van der Waals surface area contributed by atoms with Crippen LogP contribution in [0.25, 0.3) is 0 Å². The van der Waals surface area contributed by atoms with E-state index < -0.39 is 0 Å². The molecule has 1 heterocycles. The van der Waals surface area contributed by atoms with Gasteiger partial charge in [0.25, 0.3) is 0 Å². The lowest BCUT2D eigenvalue weighted by atomic mass is 10.3. The molecule has 0 aliphatic rings. The van der Waals surface area contributed by atoms with Crippen molar-refractivity contribution in [3.8, 4) is 0 Å². The Hall–Kier alpha value is -0.650. The molecule has 0 fully saturated rings. The maximum absolute atomic E-state index is 9.05. The van der Waals surface area contributed by atoms with Crippen LogP contribution in [-0.4, -0.2) is 33.5 Å². The van der Waals surface area contributed by atoms with Gasteiger partial charge in [0.05, 0.1) is 6.10 Å². The van der Waals surface area contributed by atoms with E-state index in [2.05, 4.69) is 22.2 Å². The molecule has 0 aromatic carbocycles. The standard InChI is InChI=1S/C10H17N3OS/c1-3-15-10-12-6-9(7-13-10)5-11-4-8(2)14/h6-8,11,14H,3-5H2,1-2H3/t8-/m0/s1. The molecule has 0 unspecified atom stereocenters. The molecule has 0 spiro atoms. The Bertz CT molecular complexity index is 277. The highest BCUT2D eigenvalue weighted by molar-refractivity contribution is 7.99. The fourth-order valence-electron chi connectivity index (χ4n) is 1.06. The molecular weight excluding hydrogens is 210 g/mol. The summed E-state index contributed by atoms with van der Waals surface area (Å²) < 4.78 is 0. The molecule has 1 rings (SSSR count). The monoisotopic (exact) mass is 227 g/mol. The van der Waals surface area contributed by atoms with E-state index in [4.69, 9.17) is 5.11 Å². The predicted molar refractivity (Wildman–Crippen MR) is 61.8 cm³/mol. The van der Waals surface area contributed by atoms with Gasteiger partial charge in [-0.1, -0.05) is 18.7 Å². The molecule has 0 saturated heterocycles. The minimum absolute atomic E-state index is 0.319. The number of nitrogens with zero attached hydrogens (tertiary/aromatic N) is 2. The zero-order valence-electron chi connectivity index (χ0n) is 9.10. The summed E-state index contributed by atoms with van der Waals surface area (Å²) in [6.07, 6.45) is 3.32. The average Bonchev–Trinajstić information content (AvgIpc) is 2.20. The van der Waals surface area contributed by atoms with E-state index in [1.807, 2.05) is 12.4 Å². The Morgan fingerprint density at radius 1 is 1.47 bits per heavy atom. The van der Waals surface area contributed by atoms with Crippen LogP contribution >= 0.6 is 11.8 Å². The Morgan fingerprint density at radius 2 is 2.13 bits per heavy atom. The van der Waals surface area contributed by atoms with Crippen molar-refractivity contribution in [3.63, 3.8) is 0 Å². The van der Waals surface area contributed by atoms with Crippen LogP contribution in [-0.2, 0) is 6.54 Å². The van der Waals surface area contributed by atoms with Crippen molar-refractivity contribution in [1.29, 1.82) is 0 Å². The maximum atomic E-state index is 9.05. The topological polar surface area (TPSA) is 58.0 Å². The Kier molecular flexibility index (Phi) is 5.60. The fraction of sp³-hybridized carbons (Fsp3) is 0.600. The lowest BCUT2D eigenvalue weighted by Crippen LogP contribution is -2.23. The van der Waals surface area contributed by atoms with Crippen LogP contribution in [0, 0.1) is 0 Å². The van der Waals surface area contributed by atoms with Crippen LogP contribution < -0.4 is 5.32 Å². The number of aliphatic hydroxyl groups excluding tert-OH is 1. The van der Waals surface area contributed by atoms with E-state index in [9.17, 15) is 0 Å². The summed E-state index contributed by atoms with van der Waals surface area (Å²) in [7, 11) is 0. The van der Waals surface area contributed by atoms with Crippen molar-refractivity contribution in [2.75, 3.05) is 12.3 Å². The zero-order chi connectivity index (χ0) is 11.1. The summed E-state index contributed by atoms with van der Waals surface area (Å²) >= 11 is 1.63. The highest BCUT2D eigenvalue weighted by Crippen LogP contribution is 2.10. The maximum Gasteiger partial charge on any atom is 0.187 e. The summed E-state index contributed by atoms with van der Waals surface area (Å²) in [6, 6.07) is 0. The molecule has 2 N–H and O–H groups in total. The third-order valence-corrected chi connectivity index (χ3v) is 2.48. The molecule has 0 amide bonds. The zero-order valence-corrected chi connectivity index (χ0v) is 9.92. The molecule has 0 radical (unpaired) electrons. The van der Waals surface area contributed by atoms with Crippen molar-refractivity contribution in [2.24, 2.45) is 0 Å². The number of rotatable bonds is 6. The van der Waals surface area contributed by atoms with Gasteiger partial charge in [0.2, 0.25) is 0 Å². The van der Waals surface area contributed by atoms with Crippen molar-refractivity contribution in [1.82, 2.24) is 15.3 Å². The quantitative estimate of drug-likeness (QED) is 0.562.